The molecule has 2 saturated heterocycles. The first-order valence-corrected chi connectivity index (χ1v) is 11.8. The number of nitrogens with zero attached hydrogens (tertiary/aromatic N) is 3. The van der Waals surface area contributed by atoms with Crippen LogP contribution in [-0.4, -0.2) is 47.4 Å². The molecule has 1 aromatic carbocycles. The number of amides is 3. The van der Waals surface area contributed by atoms with E-state index in [-0.39, 0.29) is 36.0 Å². The Morgan fingerprint density at radius 1 is 1.21 bits per heavy atom. The number of hydrogen-bond donors (Lipinski definition) is 1. The molecule has 4 rings (SSSR count). The number of anilines is 2. The van der Waals surface area contributed by atoms with Crippen LogP contribution in [0.25, 0.3) is 0 Å². The van der Waals surface area contributed by atoms with Crippen LogP contribution in [0.3, 0.4) is 0 Å². The zero-order chi connectivity index (χ0) is 23.5. The Morgan fingerprint density at radius 2 is 1.94 bits per heavy atom. The van der Waals surface area contributed by atoms with Gasteiger partial charge in [0.25, 0.3) is 0 Å². The lowest BCUT2D eigenvalue weighted by molar-refractivity contribution is -0.138. The third-order valence-electron chi connectivity index (χ3n) is 6.90. The summed E-state index contributed by atoms with van der Waals surface area (Å²) in [6, 6.07) is 9.67. The molecule has 176 valence electrons. The number of nitrogens with one attached hydrogen (secondary N) is 1. The topological polar surface area (TPSA) is 95.8 Å². The Balaban J connectivity index is 1.34. The van der Waals surface area contributed by atoms with E-state index in [1.165, 1.54) is 0 Å². The first-order chi connectivity index (χ1) is 15.9. The molecule has 8 heteroatoms. The van der Waals surface area contributed by atoms with Crippen molar-refractivity contribution in [2.75, 3.05) is 29.9 Å². The Hall–Kier alpha value is -3.16. The minimum atomic E-state index is -0.342. The van der Waals surface area contributed by atoms with Crippen molar-refractivity contribution in [3.63, 3.8) is 0 Å². The first-order valence-electron chi connectivity index (χ1n) is 11.8. The highest BCUT2D eigenvalue weighted by molar-refractivity contribution is 6.01. The average Bonchev–Trinajstić information content (AvgIpc) is 3.43. The van der Waals surface area contributed by atoms with Gasteiger partial charge < -0.3 is 19.6 Å². The van der Waals surface area contributed by atoms with Crippen molar-refractivity contribution >= 4 is 29.2 Å². The van der Waals surface area contributed by atoms with Crippen LogP contribution < -0.4 is 10.2 Å². The van der Waals surface area contributed by atoms with Crippen LogP contribution in [-0.2, 0) is 14.4 Å². The fourth-order valence-corrected chi connectivity index (χ4v) is 4.75. The molecular weight excluding hydrogens is 420 g/mol. The molecule has 3 amide bonds. The number of hydrogen-bond acceptors (Lipinski definition) is 5. The highest BCUT2D eigenvalue weighted by Gasteiger charge is 2.39. The number of aromatic nitrogens is 1. The van der Waals surface area contributed by atoms with Crippen molar-refractivity contribution in [1.82, 2.24) is 10.1 Å². The van der Waals surface area contributed by atoms with Gasteiger partial charge in [-0.15, -0.1) is 0 Å². The van der Waals surface area contributed by atoms with Crippen LogP contribution >= 0.6 is 0 Å². The summed E-state index contributed by atoms with van der Waals surface area (Å²) in [4.78, 5) is 42.1. The minimum Gasteiger partial charge on any atom is -0.360 e. The van der Waals surface area contributed by atoms with Crippen LogP contribution in [0.5, 0.6) is 0 Å². The van der Waals surface area contributed by atoms with Gasteiger partial charge in [0.05, 0.1) is 5.92 Å². The highest BCUT2D eigenvalue weighted by atomic mass is 16.5. The summed E-state index contributed by atoms with van der Waals surface area (Å²) < 4.78 is 4.99. The lowest BCUT2D eigenvalue weighted by Gasteiger charge is -2.32. The predicted molar refractivity (Wildman–Crippen MR) is 125 cm³/mol. The molecule has 0 radical (unpaired) electrons. The summed E-state index contributed by atoms with van der Waals surface area (Å²) in [5, 5.41) is 6.58. The van der Waals surface area contributed by atoms with Gasteiger partial charge in [-0.25, -0.2) is 0 Å². The molecule has 0 saturated carbocycles. The van der Waals surface area contributed by atoms with Crippen molar-refractivity contribution in [2.45, 2.75) is 52.4 Å². The molecule has 0 spiro atoms. The predicted octanol–water partition coefficient (Wildman–Crippen LogP) is 3.73. The summed E-state index contributed by atoms with van der Waals surface area (Å²) >= 11 is 0. The number of carbonyl (C=O) groups excluding carboxylic acids is 3. The monoisotopic (exact) mass is 452 g/mol. The molecule has 2 unspecified atom stereocenters. The number of aryl methyl sites for hydroxylation is 1. The number of piperidine rings is 1. The number of likely N-dealkylation sites (tertiary alicyclic amines) is 1. The van der Waals surface area contributed by atoms with Crippen LogP contribution in [0, 0.1) is 18.8 Å². The molecule has 8 nitrogen and oxygen atoms in total. The van der Waals surface area contributed by atoms with Gasteiger partial charge in [-0.3, -0.25) is 14.4 Å². The number of benzene rings is 1. The van der Waals surface area contributed by atoms with Crippen molar-refractivity contribution < 1.29 is 18.9 Å². The molecule has 1 N–H and O–H groups in total. The van der Waals surface area contributed by atoms with Gasteiger partial charge >= 0.3 is 0 Å². The minimum absolute atomic E-state index is 0.00118. The molecule has 2 atom stereocenters. The van der Waals surface area contributed by atoms with E-state index >= 15 is 0 Å². The van der Waals surface area contributed by atoms with Crippen molar-refractivity contribution in [3.05, 3.63) is 41.7 Å². The van der Waals surface area contributed by atoms with E-state index in [9.17, 15) is 14.4 Å². The van der Waals surface area contributed by atoms with Crippen molar-refractivity contribution in [1.29, 1.82) is 0 Å². The third kappa shape index (κ3) is 4.94. The Labute approximate surface area is 194 Å². The van der Waals surface area contributed by atoms with Crippen LogP contribution in [0.15, 0.2) is 34.9 Å². The molecule has 2 aromatic rings. The summed E-state index contributed by atoms with van der Waals surface area (Å²) in [7, 11) is 0. The zero-order valence-electron chi connectivity index (χ0n) is 19.5. The molecule has 0 aliphatic carbocycles. The summed E-state index contributed by atoms with van der Waals surface area (Å²) in [5.74, 6) is 0.797. The van der Waals surface area contributed by atoms with Gasteiger partial charge in [0, 0.05) is 43.7 Å². The fourth-order valence-electron chi connectivity index (χ4n) is 4.75. The molecule has 2 aliphatic rings. The van der Waals surface area contributed by atoms with Crippen LogP contribution in [0.1, 0.15) is 56.8 Å². The normalized spacial score (nSPS) is 20.2. The summed E-state index contributed by atoms with van der Waals surface area (Å²) in [6.45, 7) is 7.51. The Bertz CT molecular complexity index is 1020. The average molecular weight is 453 g/mol. The van der Waals surface area contributed by atoms with Gasteiger partial charge in [-0.2, -0.15) is 0 Å². The SMILES string of the molecule is CCC(C)c1ccccc1N1CC(C(=O)N2CCC(C(=O)Nc3cc(C)on3)CC2)CC1=O. The molecule has 2 aliphatic heterocycles. The maximum absolute atomic E-state index is 13.2. The van der Waals surface area contributed by atoms with Gasteiger partial charge in [0.1, 0.15) is 5.76 Å². The highest BCUT2D eigenvalue weighted by Crippen LogP contribution is 2.34. The van der Waals surface area contributed by atoms with E-state index in [4.69, 9.17) is 4.52 Å². The van der Waals surface area contributed by atoms with E-state index in [1.807, 2.05) is 23.1 Å². The molecule has 33 heavy (non-hydrogen) atoms. The molecule has 1 aromatic heterocycles. The lowest BCUT2D eigenvalue weighted by Crippen LogP contribution is -2.44. The van der Waals surface area contributed by atoms with Crippen molar-refractivity contribution in [2.24, 2.45) is 11.8 Å². The second kappa shape index (κ2) is 9.77. The van der Waals surface area contributed by atoms with Gasteiger partial charge in [0.2, 0.25) is 17.7 Å². The summed E-state index contributed by atoms with van der Waals surface area (Å²) in [6.07, 6.45) is 2.41. The number of para-hydroxylation sites is 1. The van der Waals surface area contributed by atoms with E-state index in [0.29, 0.717) is 50.0 Å². The Kier molecular flexibility index (Phi) is 6.81. The zero-order valence-corrected chi connectivity index (χ0v) is 19.5. The van der Waals surface area contributed by atoms with Gasteiger partial charge in [0.15, 0.2) is 5.82 Å². The summed E-state index contributed by atoms with van der Waals surface area (Å²) in [5.41, 5.74) is 2.07. The number of carbonyl (C=O) groups is 3. The van der Waals surface area contributed by atoms with Crippen molar-refractivity contribution in [3.8, 4) is 0 Å². The van der Waals surface area contributed by atoms with E-state index in [2.05, 4.69) is 30.4 Å². The largest absolute Gasteiger partial charge is 0.360 e. The molecule has 3 heterocycles. The second-order valence-corrected chi connectivity index (χ2v) is 9.19. The smallest absolute Gasteiger partial charge is 0.228 e. The first kappa shape index (κ1) is 23.0. The van der Waals surface area contributed by atoms with E-state index in [1.54, 1.807) is 17.9 Å². The van der Waals surface area contributed by atoms with Gasteiger partial charge in [-0.05, 0) is 43.7 Å². The number of rotatable bonds is 6. The van der Waals surface area contributed by atoms with Gasteiger partial charge in [-0.1, -0.05) is 37.2 Å². The third-order valence-corrected chi connectivity index (χ3v) is 6.90. The lowest BCUT2D eigenvalue weighted by atomic mass is 9.94. The molecule has 2 fully saturated rings. The standard InChI is InChI=1S/C25H32N4O4/c1-4-16(2)20-7-5-6-8-21(20)29-15-19(14-23(29)30)25(32)28-11-9-18(10-12-28)24(31)26-22-13-17(3)33-27-22/h5-8,13,16,18-19H,4,9-12,14-15H2,1-3H3,(H,26,27,31). The quantitative estimate of drug-likeness (QED) is 0.721. The fraction of sp³-hybridized carbons (Fsp3) is 0.520. The van der Waals surface area contributed by atoms with Crippen LogP contribution in [0.4, 0.5) is 11.5 Å². The maximum atomic E-state index is 13.2. The Morgan fingerprint density at radius 3 is 2.61 bits per heavy atom. The molecule has 0 bridgehead atoms. The van der Waals surface area contributed by atoms with E-state index in [0.717, 1.165) is 17.7 Å². The second-order valence-electron chi connectivity index (χ2n) is 9.19. The maximum Gasteiger partial charge on any atom is 0.228 e. The van der Waals surface area contributed by atoms with Crippen LogP contribution in [0.2, 0.25) is 0 Å². The molecular formula is C25H32N4O4. The van der Waals surface area contributed by atoms with E-state index < -0.39 is 0 Å².